The minimum Gasteiger partial charge on any atom is -0.335 e. The smallest absolute Gasteiger partial charge is 0.252 e. The molecular formula is C42H39BN2. The highest BCUT2D eigenvalue weighted by Gasteiger charge is 2.61. The molecule has 0 spiro atoms. The van der Waals surface area contributed by atoms with Crippen LogP contribution in [0.3, 0.4) is 0 Å². The van der Waals surface area contributed by atoms with Crippen LogP contribution in [-0.4, -0.2) is 12.3 Å². The van der Waals surface area contributed by atoms with Gasteiger partial charge < -0.3 is 9.80 Å². The number of rotatable bonds is 1. The molecular weight excluding hydrogens is 543 g/mol. The largest absolute Gasteiger partial charge is 0.335 e. The molecule has 3 aliphatic heterocycles. The first-order valence-corrected chi connectivity index (χ1v) is 17.0. The van der Waals surface area contributed by atoms with E-state index in [4.69, 9.17) is 0 Å². The normalized spacial score (nSPS) is 24.0. The van der Waals surface area contributed by atoms with Gasteiger partial charge in [-0.25, -0.2) is 0 Å². The van der Waals surface area contributed by atoms with Gasteiger partial charge in [-0.2, -0.15) is 0 Å². The lowest BCUT2D eigenvalue weighted by molar-refractivity contribution is 0.195. The van der Waals surface area contributed by atoms with E-state index >= 15 is 0 Å². The molecule has 3 heteroatoms. The predicted molar refractivity (Wildman–Crippen MR) is 191 cm³/mol. The Hall–Kier alpha value is -4.24. The molecule has 2 unspecified atom stereocenters. The molecule has 0 radical (unpaired) electrons. The maximum atomic E-state index is 2.84. The van der Waals surface area contributed by atoms with E-state index in [1.807, 2.05) is 0 Å². The Morgan fingerprint density at radius 2 is 1.38 bits per heavy atom. The number of hydrogen-bond donors (Lipinski definition) is 0. The van der Waals surface area contributed by atoms with Crippen LogP contribution in [0.5, 0.6) is 0 Å². The monoisotopic (exact) mass is 582 g/mol. The van der Waals surface area contributed by atoms with Crippen molar-refractivity contribution in [3.05, 3.63) is 119 Å². The van der Waals surface area contributed by atoms with Crippen LogP contribution in [0.2, 0.25) is 0 Å². The number of aryl methyl sites for hydroxylation is 1. The van der Waals surface area contributed by atoms with E-state index in [2.05, 4.69) is 141 Å². The van der Waals surface area contributed by atoms with Crippen molar-refractivity contribution in [2.45, 2.75) is 76.7 Å². The van der Waals surface area contributed by atoms with Gasteiger partial charge in [0.25, 0.3) is 6.71 Å². The Morgan fingerprint density at radius 1 is 0.644 bits per heavy atom. The molecule has 5 aromatic carbocycles. The van der Waals surface area contributed by atoms with Gasteiger partial charge in [-0.1, -0.05) is 100 Å². The number of para-hydroxylation sites is 2. The zero-order chi connectivity index (χ0) is 30.5. The van der Waals surface area contributed by atoms with E-state index in [1.54, 1.807) is 5.56 Å². The van der Waals surface area contributed by atoms with Crippen molar-refractivity contribution in [3.8, 4) is 11.1 Å². The Balaban J connectivity index is 1.38. The lowest BCUT2D eigenvalue weighted by atomic mass is 9.32. The Labute approximate surface area is 267 Å². The zero-order valence-electron chi connectivity index (χ0n) is 27.0. The van der Waals surface area contributed by atoms with Crippen LogP contribution in [-0.2, 0) is 10.8 Å². The van der Waals surface area contributed by atoms with Crippen molar-refractivity contribution >= 4 is 51.5 Å². The second-order valence-electron chi connectivity index (χ2n) is 15.3. The molecule has 10 rings (SSSR count). The minimum atomic E-state index is -0.108. The van der Waals surface area contributed by atoms with E-state index in [9.17, 15) is 0 Å². The molecule has 5 aromatic rings. The van der Waals surface area contributed by atoms with E-state index in [0.29, 0.717) is 0 Å². The van der Waals surface area contributed by atoms with Gasteiger partial charge >= 0.3 is 0 Å². The third-order valence-corrected chi connectivity index (χ3v) is 12.8. The first-order chi connectivity index (χ1) is 21.8. The molecule has 1 fully saturated rings. The SMILES string of the molecule is Cc1cc2c3c(c1)N1c4c(cccc4C4(C)CCCCC14C)B3c1c(ccc3c1C(C)(C)c1ccccc1-3)N2c1ccccc1. The zero-order valence-corrected chi connectivity index (χ0v) is 27.0. The van der Waals surface area contributed by atoms with Crippen LogP contribution in [0, 0.1) is 6.92 Å². The van der Waals surface area contributed by atoms with Crippen molar-refractivity contribution in [2.75, 3.05) is 9.80 Å². The van der Waals surface area contributed by atoms with Gasteiger partial charge in [-0.05, 0) is 107 Å². The van der Waals surface area contributed by atoms with Crippen molar-refractivity contribution in [3.63, 3.8) is 0 Å². The second kappa shape index (κ2) is 8.32. The van der Waals surface area contributed by atoms with Crippen LogP contribution in [0.1, 0.15) is 75.6 Å². The van der Waals surface area contributed by atoms with Gasteiger partial charge in [0.05, 0.1) is 5.54 Å². The molecule has 2 nitrogen and oxygen atoms in total. The number of nitrogens with zero attached hydrogens (tertiary/aromatic N) is 2. The average Bonchev–Trinajstić information content (AvgIpc) is 3.41. The molecule has 0 saturated heterocycles. The molecule has 2 aliphatic carbocycles. The maximum absolute atomic E-state index is 2.84. The standard InChI is InChI=1S/C42H39BN2/c1-26-24-34-37-35(25-26)45-39-31(41(4)22-11-12-23-42(41,45)5)18-13-19-32(39)43(37)38-33(44(34)27-14-7-6-8-15-27)21-20-29-28-16-9-10-17-30(28)40(2,3)36(29)38/h6-10,13-21,24-25H,11-12,22-23H2,1-5H3. The fourth-order valence-corrected chi connectivity index (χ4v) is 10.7. The summed E-state index contributed by atoms with van der Waals surface area (Å²) >= 11 is 0. The lowest BCUT2D eigenvalue weighted by Crippen LogP contribution is -2.65. The van der Waals surface area contributed by atoms with Crippen molar-refractivity contribution < 1.29 is 0 Å². The summed E-state index contributed by atoms with van der Waals surface area (Å²) in [4.78, 5) is 5.43. The molecule has 3 heterocycles. The van der Waals surface area contributed by atoms with Crippen molar-refractivity contribution in [1.29, 1.82) is 0 Å². The molecule has 0 aromatic heterocycles. The van der Waals surface area contributed by atoms with Crippen LogP contribution in [0.25, 0.3) is 11.1 Å². The molecule has 45 heavy (non-hydrogen) atoms. The molecule has 0 bridgehead atoms. The molecule has 220 valence electrons. The van der Waals surface area contributed by atoms with Gasteiger partial charge in [0, 0.05) is 39.3 Å². The Kier molecular flexibility index (Phi) is 4.81. The first-order valence-electron chi connectivity index (χ1n) is 17.0. The van der Waals surface area contributed by atoms with E-state index in [-0.39, 0.29) is 23.1 Å². The van der Waals surface area contributed by atoms with Gasteiger partial charge in [0.2, 0.25) is 0 Å². The highest BCUT2D eigenvalue weighted by Crippen LogP contribution is 2.62. The Bertz CT molecular complexity index is 2110. The highest BCUT2D eigenvalue weighted by atomic mass is 15.3. The molecule has 1 saturated carbocycles. The van der Waals surface area contributed by atoms with Crippen molar-refractivity contribution in [1.82, 2.24) is 0 Å². The molecule has 5 aliphatic rings. The predicted octanol–water partition coefficient (Wildman–Crippen LogP) is 8.66. The number of hydrogen-bond acceptors (Lipinski definition) is 2. The van der Waals surface area contributed by atoms with Crippen LogP contribution in [0.4, 0.5) is 28.4 Å². The second-order valence-corrected chi connectivity index (χ2v) is 15.3. The third kappa shape index (κ3) is 2.90. The summed E-state index contributed by atoms with van der Waals surface area (Å²) in [5, 5.41) is 0. The summed E-state index contributed by atoms with van der Waals surface area (Å²) in [7, 11) is 0. The minimum absolute atomic E-state index is 0.0439. The van der Waals surface area contributed by atoms with Crippen LogP contribution in [0.15, 0.2) is 97.1 Å². The van der Waals surface area contributed by atoms with E-state index in [0.717, 1.165) is 0 Å². The van der Waals surface area contributed by atoms with Crippen LogP contribution >= 0.6 is 0 Å². The van der Waals surface area contributed by atoms with E-state index in [1.165, 1.54) is 98.3 Å². The lowest BCUT2D eigenvalue weighted by Gasteiger charge is -2.53. The quantitative estimate of drug-likeness (QED) is 0.179. The summed E-state index contributed by atoms with van der Waals surface area (Å²) < 4.78 is 0. The highest BCUT2D eigenvalue weighted by molar-refractivity contribution is 7.00. The summed E-state index contributed by atoms with van der Waals surface area (Å²) in [5.41, 5.74) is 20.0. The molecule has 2 atom stereocenters. The Morgan fingerprint density at radius 3 is 2.22 bits per heavy atom. The topological polar surface area (TPSA) is 6.48 Å². The summed E-state index contributed by atoms with van der Waals surface area (Å²) in [5.74, 6) is 0. The summed E-state index contributed by atoms with van der Waals surface area (Å²) in [6.07, 6.45) is 5.08. The maximum Gasteiger partial charge on any atom is 0.252 e. The van der Waals surface area contributed by atoms with Crippen molar-refractivity contribution in [2.24, 2.45) is 0 Å². The summed E-state index contributed by atoms with van der Waals surface area (Å²) in [6, 6.07) is 37.4. The number of anilines is 5. The molecule has 0 N–H and O–H groups in total. The van der Waals surface area contributed by atoms with Gasteiger partial charge in [0.1, 0.15) is 0 Å². The average molecular weight is 583 g/mol. The fourth-order valence-electron chi connectivity index (χ4n) is 10.7. The van der Waals surface area contributed by atoms with Gasteiger partial charge in [-0.3, -0.25) is 0 Å². The number of benzene rings is 5. The van der Waals surface area contributed by atoms with E-state index < -0.39 is 0 Å². The third-order valence-electron chi connectivity index (χ3n) is 12.8. The first kappa shape index (κ1) is 26.0. The van der Waals surface area contributed by atoms with Crippen LogP contribution < -0.4 is 26.2 Å². The molecule has 0 amide bonds. The number of fused-ring (bicyclic) bond motifs is 11. The van der Waals surface area contributed by atoms with Gasteiger partial charge in [-0.15, -0.1) is 0 Å². The fraction of sp³-hybridized carbons (Fsp3) is 0.286. The van der Waals surface area contributed by atoms with Gasteiger partial charge in [0.15, 0.2) is 0 Å². The summed E-state index contributed by atoms with van der Waals surface area (Å²) in [6.45, 7) is 12.5.